The first kappa shape index (κ1) is 24.6. The summed E-state index contributed by atoms with van der Waals surface area (Å²) in [6, 6.07) is 0. The highest BCUT2D eigenvalue weighted by Crippen LogP contribution is 2.19. The topological polar surface area (TPSA) is 59.9 Å². The van der Waals surface area contributed by atoms with E-state index in [1.165, 1.54) is 44.0 Å². The number of piperidine rings is 1. The highest BCUT2D eigenvalue weighted by atomic mass is 127. The fourth-order valence-electron chi connectivity index (χ4n) is 4.02. The van der Waals surface area contributed by atoms with Gasteiger partial charge in [-0.25, -0.2) is 4.98 Å². The molecule has 2 fully saturated rings. The van der Waals surface area contributed by atoms with E-state index in [0.29, 0.717) is 0 Å². The average molecular weight is 536 g/mol. The Morgan fingerprint density at radius 1 is 1.21 bits per heavy atom. The summed E-state index contributed by atoms with van der Waals surface area (Å²) in [5.74, 6) is 2.88. The Labute approximate surface area is 197 Å². The van der Waals surface area contributed by atoms with Gasteiger partial charge >= 0.3 is 0 Å². The Balaban J connectivity index is 0.00000300. The standard InChI is InChI=1S/C20H37N7S.HI/c1-4-18-23-20(28-24-18)27-14-12-26(13-15-27)19(21-5-2)22-9-7-11-25-10-6-8-17(3)16-25;/h17H,4-16H2,1-3H3,(H,21,22);1H. The molecule has 0 radical (unpaired) electrons. The van der Waals surface area contributed by atoms with Gasteiger partial charge in [0, 0.05) is 63.8 Å². The van der Waals surface area contributed by atoms with Gasteiger partial charge in [0.2, 0.25) is 5.13 Å². The largest absolute Gasteiger partial charge is 0.357 e. The van der Waals surface area contributed by atoms with Gasteiger partial charge in [0.1, 0.15) is 5.82 Å². The van der Waals surface area contributed by atoms with Crippen LogP contribution < -0.4 is 10.2 Å². The van der Waals surface area contributed by atoms with E-state index < -0.39 is 0 Å². The molecular formula is C20H38IN7S. The maximum Gasteiger partial charge on any atom is 0.205 e. The van der Waals surface area contributed by atoms with Gasteiger partial charge in [-0.05, 0) is 45.2 Å². The summed E-state index contributed by atoms with van der Waals surface area (Å²) < 4.78 is 4.42. The molecule has 0 aromatic carbocycles. The molecule has 1 N–H and O–H groups in total. The highest BCUT2D eigenvalue weighted by Gasteiger charge is 2.22. The molecule has 1 atom stereocenters. The van der Waals surface area contributed by atoms with Crippen LogP contribution in [0.1, 0.15) is 45.9 Å². The molecule has 0 bridgehead atoms. The fraction of sp³-hybridized carbons (Fsp3) is 0.850. The number of likely N-dealkylation sites (tertiary alicyclic amines) is 1. The molecule has 1 aromatic rings. The van der Waals surface area contributed by atoms with Crippen LogP contribution in [0.5, 0.6) is 0 Å². The van der Waals surface area contributed by atoms with E-state index in [1.807, 2.05) is 0 Å². The molecule has 1 aromatic heterocycles. The third-order valence-corrected chi connectivity index (χ3v) is 6.41. The van der Waals surface area contributed by atoms with Crippen molar-refractivity contribution in [2.75, 3.05) is 63.8 Å². The van der Waals surface area contributed by atoms with Crippen LogP contribution in [0, 0.1) is 5.92 Å². The minimum absolute atomic E-state index is 0. The summed E-state index contributed by atoms with van der Waals surface area (Å²) in [5, 5.41) is 4.55. The lowest BCUT2D eigenvalue weighted by Gasteiger charge is -2.36. The van der Waals surface area contributed by atoms with Crippen LogP contribution in [0.15, 0.2) is 4.99 Å². The Kier molecular flexibility index (Phi) is 10.9. The number of piperazine rings is 1. The van der Waals surface area contributed by atoms with Gasteiger partial charge in [0.15, 0.2) is 5.96 Å². The number of anilines is 1. The molecule has 2 aliphatic rings. The number of halogens is 1. The number of nitrogens with one attached hydrogen (secondary N) is 1. The van der Waals surface area contributed by atoms with Crippen LogP contribution in [0.4, 0.5) is 5.13 Å². The van der Waals surface area contributed by atoms with Gasteiger partial charge < -0.3 is 20.0 Å². The summed E-state index contributed by atoms with van der Waals surface area (Å²) in [4.78, 5) is 16.9. The quantitative estimate of drug-likeness (QED) is 0.251. The van der Waals surface area contributed by atoms with E-state index in [1.54, 1.807) is 0 Å². The average Bonchev–Trinajstić information content (AvgIpc) is 3.20. The Hall–Kier alpha value is -0.680. The highest BCUT2D eigenvalue weighted by molar-refractivity contribution is 14.0. The molecule has 7 nitrogen and oxygen atoms in total. The molecule has 29 heavy (non-hydrogen) atoms. The second-order valence-corrected chi connectivity index (χ2v) is 8.69. The van der Waals surface area contributed by atoms with Gasteiger partial charge in [-0.15, -0.1) is 24.0 Å². The SMILES string of the molecule is CCNC(=NCCCN1CCCC(C)C1)N1CCN(c2nc(CC)ns2)CC1.I. The molecule has 3 heterocycles. The molecule has 9 heteroatoms. The first-order chi connectivity index (χ1) is 13.7. The Morgan fingerprint density at radius 3 is 2.66 bits per heavy atom. The van der Waals surface area contributed by atoms with Crippen LogP contribution >= 0.6 is 35.5 Å². The third-order valence-electron chi connectivity index (χ3n) is 5.59. The molecule has 0 aliphatic carbocycles. The second kappa shape index (κ2) is 12.9. The normalized spacial score (nSPS) is 21.2. The lowest BCUT2D eigenvalue weighted by atomic mass is 10.0. The van der Waals surface area contributed by atoms with Crippen molar-refractivity contribution in [3.8, 4) is 0 Å². The lowest BCUT2D eigenvalue weighted by molar-refractivity contribution is 0.183. The molecule has 166 valence electrons. The number of aryl methyl sites for hydroxylation is 1. The molecule has 2 saturated heterocycles. The zero-order valence-corrected chi connectivity index (χ0v) is 21.4. The molecule has 3 rings (SSSR count). The molecule has 0 spiro atoms. The number of aliphatic imine (C=N–C) groups is 1. The first-order valence-electron chi connectivity index (χ1n) is 11.0. The summed E-state index contributed by atoms with van der Waals surface area (Å²) in [6.07, 6.45) is 4.80. The number of rotatable bonds is 7. The predicted octanol–water partition coefficient (Wildman–Crippen LogP) is 2.93. The molecule has 1 unspecified atom stereocenters. The van der Waals surface area contributed by atoms with Gasteiger partial charge in [0.05, 0.1) is 0 Å². The third kappa shape index (κ3) is 7.50. The molecule has 2 aliphatic heterocycles. The minimum atomic E-state index is 0. The summed E-state index contributed by atoms with van der Waals surface area (Å²) in [7, 11) is 0. The Bertz CT molecular complexity index is 616. The zero-order valence-electron chi connectivity index (χ0n) is 18.3. The molecular weight excluding hydrogens is 497 g/mol. The van der Waals surface area contributed by atoms with Crippen molar-refractivity contribution in [2.24, 2.45) is 10.9 Å². The number of aromatic nitrogens is 2. The van der Waals surface area contributed by atoms with Gasteiger partial charge in [-0.1, -0.05) is 13.8 Å². The van der Waals surface area contributed by atoms with E-state index in [2.05, 4.69) is 50.1 Å². The van der Waals surface area contributed by atoms with Crippen molar-refractivity contribution in [1.29, 1.82) is 0 Å². The fourth-order valence-corrected chi connectivity index (χ4v) is 4.82. The van der Waals surface area contributed by atoms with E-state index in [0.717, 1.165) is 74.9 Å². The van der Waals surface area contributed by atoms with Crippen LogP contribution in [0.2, 0.25) is 0 Å². The maximum absolute atomic E-state index is 4.92. The van der Waals surface area contributed by atoms with E-state index in [9.17, 15) is 0 Å². The smallest absolute Gasteiger partial charge is 0.205 e. The van der Waals surface area contributed by atoms with Gasteiger partial charge in [-0.2, -0.15) is 4.37 Å². The summed E-state index contributed by atoms with van der Waals surface area (Å²) in [6.45, 7) is 16.1. The molecule has 0 saturated carbocycles. The second-order valence-electron chi connectivity index (χ2n) is 7.96. The van der Waals surface area contributed by atoms with E-state index in [-0.39, 0.29) is 24.0 Å². The number of hydrogen-bond donors (Lipinski definition) is 1. The van der Waals surface area contributed by atoms with Crippen molar-refractivity contribution >= 4 is 46.6 Å². The van der Waals surface area contributed by atoms with Crippen molar-refractivity contribution in [2.45, 2.75) is 46.5 Å². The number of nitrogens with zero attached hydrogens (tertiary/aromatic N) is 6. The van der Waals surface area contributed by atoms with Crippen LogP contribution in [-0.4, -0.2) is 84.0 Å². The van der Waals surface area contributed by atoms with Crippen LogP contribution in [0.3, 0.4) is 0 Å². The van der Waals surface area contributed by atoms with Gasteiger partial charge in [0.25, 0.3) is 0 Å². The maximum atomic E-state index is 4.92. The van der Waals surface area contributed by atoms with E-state index in [4.69, 9.17) is 4.99 Å². The van der Waals surface area contributed by atoms with Gasteiger partial charge in [-0.3, -0.25) is 4.99 Å². The monoisotopic (exact) mass is 535 g/mol. The number of hydrogen-bond acceptors (Lipinski definition) is 6. The molecule has 0 amide bonds. The van der Waals surface area contributed by atoms with Crippen molar-refractivity contribution in [1.82, 2.24) is 24.5 Å². The summed E-state index contributed by atoms with van der Waals surface area (Å²) >= 11 is 1.53. The zero-order chi connectivity index (χ0) is 19.8. The summed E-state index contributed by atoms with van der Waals surface area (Å²) in [5.41, 5.74) is 0. The van der Waals surface area contributed by atoms with Crippen LogP contribution in [-0.2, 0) is 6.42 Å². The Morgan fingerprint density at radius 2 is 2.00 bits per heavy atom. The minimum Gasteiger partial charge on any atom is -0.357 e. The van der Waals surface area contributed by atoms with Crippen molar-refractivity contribution in [3.05, 3.63) is 5.82 Å². The van der Waals surface area contributed by atoms with Crippen molar-refractivity contribution in [3.63, 3.8) is 0 Å². The van der Waals surface area contributed by atoms with Crippen LogP contribution in [0.25, 0.3) is 0 Å². The van der Waals surface area contributed by atoms with E-state index >= 15 is 0 Å². The van der Waals surface area contributed by atoms with Crippen molar-refractivity contribution < 1.29 is 0 Å². The first-order valence-corrected chi connectivity index (χ1v) is 11.8. The lowest BCUT2D eigenvalue weighted by Crippen LogP contribution is -2.52. The number of guanidine groups is 1. The predicted molar refractivity (Wildman–Crippen MR) is 134 cm³/mol.